The average molecular weight is 315 g/mol. The Balaban J connectivity index is 2.67. The molecule has 3 nitrogen and oxygen atoms in total. The van der Waals surface area contributed by atoms with Crippen LogP contribution in [-0.4, -0.2) is 4.98 Å². The van der Waals surface area contributed by atoms with Crippen molar-refractivity contribution in [2.45, 2.75) is 0 Å². The molecule has 0 aliphatic rings. The van der Waals surface area contributed by atoms with Crippen LogP contribution in [0.25, 0.3) is 11.1 Å². The second-order valence-corrected chi connectivity index (χ2v) is 4.55. The number of pyridine rings is 1. The van der Waals surface area contributed by atoms with Gasteiger partial charge >= 0.3 is 0 Å². The van der Waals surface area contributed by atoms with Crippen LogP contribution >= 0.6 is 35.6 Å². The van der Waals surface area contributed by atoms with E-state index in [1.54, 1.807) is 6.07 Å². The molecule has 0 bridgehead atoms. The Morgan fingerprint density at radius 3 is 2.68 bits per heavy atom. The zero-order chi connectivity index (χ0) is 13.8. The summed E-state index contributed by atoms with van der Waals surface area (Å²) >= 11 is 11.5. The smallest absolute Gasteiger partial charge is 0.272 e. The highest BCUT2D eigenvalue weighted by atomic mass is 35.5. The fourth-order valence-corrected chi connectivity index (χ4v) is 2.08. The minimum atomic E-state index is -0.309. The first-order valence-corrected chi connectivity index (χ1v) is 6.36. The quantitative estimate of drug-likeness (QED) is 0.760. The Labute approximate surface area is 123 Å². The number of nitrogens with zero attached hydrogens (tertiary/aromatic N) is 2. The Morgan fingerprint density at radius 2 is 2.00 bits per heavy atom. The van der Waals surface area contributed by atoms with Crippen LogP contribution in [0.5, 0.6) is 5.75 Å². The van der Waals surface area contributed by atoms with Crippen LogP contribution in [-0.2, 0) is 0 Å². The SMILES string of the molecule is N#Cc1cnccc1-c1cc(Cl)c(Cl)cc1OSF. The summed E-state index contributed by atoms with van der Waals surface area (Å²) < 4.78 is 17.1. The molecule has 0 saturated heterocycles. The molecule has 2 rings (SSSR count). The number of nitriles is 1. The van der Waals surface area contributed by atoms with Gasteiger partial charge in [0.2, 0.25) is 0 Å². The van der Waals surface area contributed by atoms with E-state index < -0.39 is 0 Å². The lowest BCUT2D eigenvalue weighted by Crippen LogP contribution is -1.90. The topological polar surface area (TPSA) is 45.9 Å². The molecule has 1 aromatic heterocycles. The van der Waals surface area contributed by atoms with E-state index in [9.17, 15) is 3.89 Å². The van der Waals surface area contributed by atoms with E-state index in [0.717, 1.165) is 0 Å². The fraction of sp³-hybridized carbons (Fsp3) is 0. The number of hydrogen-bond donors (Lipinski definition) is 0. The molecule has 0 spiro atoms. The molecule has 1 aromatic carbocycles. The largest absolute Gasteiger partial charge is 0.396 e. The van der Waals surface area contributed by atoms with Gasteiger partial charge in [-0.1, -0.05) is 23.2 Å². The third kappa shape index (κ3) is 2.92. The minimum absolute atomic E-state index is 0.185. The van der Waals surface area contributed by atoms with Crippen LogP contribution in [0.2, 0.25) is 10.0 Å². The van der Waals surface area contributed by atoms with Gasteiger partial charge in [0.1, 0.15) is 11.8 Å². The summed E-state index contributed by atoms with van der Waals surface area (Å²) in [4.78, 5) is 3.86. The average Bonchev–Trinajstić information content (AvgIpc) is 2.43. The summed E-state index contributed by atoms with van der Waals surface area (Å²) in [7, 11) is 0. The molecule has 0 fully saturated rings. The van der Waals surface area contributed by atoms with Crippen LogP contribution in [0, 0.1) is 11.3 Å². The van der Waals surface area contributed by atoms with Crippen molar-refractivity contribution in [2.75, 3.05) is 0 Å². The van der Waals surface area contributed by atoms with Crippen LogP contribution in [0.15, 0.2) is 30.6 Å². The molecule has 19 heavy (non-hydrogen) atoms. The van der Waals surface area contributed by atoms with Crippen molar-refractivity contribution in [3.63, 3.8) is 0 Å². The molecule has 0 unspecified atom stereocenters. The number of hydrogen-bond acceptors (Lipinski definition) is 4. The van der Waals surface area contributed by atoms with Gasteiger partial charge in [-0.05, 0) is 12.1 Å². The zero-order valence-electron chi connectivity index (χ0n) is 9.23. The van der Waals surface area contributed by atoms with Crippen molar-refractivity contribution in [1.29, 1.82) is 5.26 Å². The molecule has 7 heteroatoms. The van der Waals surface area contributed by atoms with Crippen molar-refractivity contribution in [3.05, 3.63) is 46.2 Å². The lowest BCUT2D eigenvalue weighted by Gasteiger charge is -2.10. The minimum Gasteiger partial charge on any atom is -0.396 e. The van der Waals surface area contributed by atoms with E-state index in [4.69, 9.17) is 32.6 Å². The van der Waals surface area contributed by atoms with Crippen LogP contribution in [0.1, 0.15) is 5.56 Å². The van der Waals surface area contributed by atoms with Crippen molar-refractivity contribution in [2.24, 2.45) is 0 Å². The second kappa shape index (κ2) is 6.11. The maximum Gasteiger partial charge on any atom is 0.272 e. The number of halogens is 3. The van der Waals surface area contributed by atoms with Gasteiger partial charge in [0.25, 0.3) is 12.4 Å². The standard InChI is InChI=1S/C12H5Cl2FN2OS/c13-10-3-9(12(18-19-15)4-11(10)14)8-1-2-17-6-7(8)5-16/h1-4,6H. The van der Waals surface area contributed by atoms with Crippen LogP contribution in [0.3, 0.4) is 0 Å². The normalized spacial score (nSPS) is 10.0. The summed E-state index contributed by atoms with van der Waals surface area (Å²) in [6, 6.07) is 6.54. The lowest BCUT2D eigenvalue weighted by molar-refractivity contribution is 0.613. The third-order valence-electron chi connectivity index (χ3n) is 2.38. The predicted molar refractivity (Wildman–Crippen MR) is 73.7 cm³/mol. The van der Waals surface area contributed by atoms with Crippen LogP contribution < -0.4 is 4.18 Å². The molecular weight excluding hydrogens is 310 g/mol. The van der Waals surface area contributed by atoms with E-state index in [0.29, 0.717) is 16.7 Å². The Morgan fingerprint density at radius 1 is 1.26 bits per heavy atom. The number of rotatable bonds is 3. The van der Waals surface area contributed by atoms with Crippen molar-refractivity contribution in [1.82, 2.24) is 4.98 Å². The van der Waals surface area contributed by atoms with E-state index in [2.05, 4.69) is 4.98 Å². The van der Waals surface area contributed by atoms with Gasteiger partial charge in [-0.25, -0.2) is 0 Å². The van der Waals surface area contributed by atoms with Gasteiger partial charge in [-0.2, -0.15) is 5.26 Å². The van der Waals surface area contributed by atoms with Crippen molar-refractivity contribution in [3.8, 4) is 22.9 Å². The molecule has 1 heterocycles. The van der Waals surface area contributed by atoms with Gasteiger partial charge in [-0.15, -0.1) is 3.89 Å². The first kappa shape index (κ1) is 13.9. The molecule has 0 saturated carbocycles. The third-order valence-corrected chi connectivity index (χ3v) is 3.34. The summed E-state index contributed by atoms with van der Waals surface area (Å²) in [6.45, 7) is 0. The van der Waals surface area contributed by atoms with E-state index in [1.165, 1.54) is 24.5 Å². The summed E-state index contributed by atoms with van der Waals surface area (Å²) in [5.74, 6) is 0.185. The van der Waals surface area contributed by atoms with Gasteiger partial charge in [-0.3, -0.25) is 4.98 Å². The summed E-state index contributed by atoms with van der Waals surface area (Å²) in [5.41, 5.74) is 1.34. The maximum absolute atomic E-state index is 12.3. The molecule has 0 amide bonds. The molecule has 2 aromatic rings. The molecule has 0 N–H and O–H groups in total. The molecular formula is C12H5Cl2FN2OS. The van der Waals surface area contributed by atoms with Gasteiger partial charge in [0, 0.05) is 29.6 Å². The zero-order valence-corrected chi connectivity index (χ0v) is 11.6. The fourth-order valence-electron chi connectivity index (χ4n) is 1.56. The maximum atomic E-state index is 12.3. The molecule has 0 radical (unpaired) electrons. The van der Waals surface area contributed by atoms with Gasteiger partial charge in [0.05, 0.1) is 15.6 Å². The highest BCUT2D eigenvalue weighted by Crippen LogP contribution is 2.39. The van der Waals surface area contributed by atoms with Crippen molar-refractivity contribution < 1.29 is 8.07 Å². The number of aromatic nitrogens is 1. The lowest BCUT2D eigenvalue weighted by atomic mass is 10.0. The summed E-state index contributed by atoms with van der Waals surface area (Å²) in [5, 5.41) is 9.58. The Hall–Kier alpha value is -1.48. The monoisotopic (exact) mass is 314 g/mol. The first-order chi connectivity index (χ1) is 9.17. The van der Waals surface area contributed by atoms with E-state index in [1.807, 2.05) is 6.07 Å². The van der Waals surface area contributed by atoms with E-state index >= 15 is 0 Å². The molecule has 0 aliphatic heterocycles. The highest BCUT2D eigenvalue weighted by Gasteiger charge is 2.14. The first-order valence-electron chi connectivity index (χ1n) is 4.96. The molecule has 96 valence electrons. The molecule has 0 aliphatic carbocycles. The number of benzene rings is 1. The molecule has 0 atom stereocenters. The summed E-state index contributed by atoms with van der Waals surface area (Å²) in [6.07, 6.45) is 2.93. The Kier molecular flexibility index (Phi) is 4.48. The van der Waals surface area contributed by atoms with Crippen molar-refractivity contribution >= 4 is 35.6 Å². The highest BCUT2D eigenvalue weighted by molar-refractivity contribution is 7.89. The Bertz CT molecular complexity index is 661. The second-order valence-electron chi connectivity index (χ2n) is 3.44. The van der Waals surface area contributed by atoms with E-state index in [-0.39, 0.29) is 28.2 Å². The van der Waals surface area contributed by atoms with Gasteiger partial charge < -0.3 is 4.18 Å². The van der Waals surface area contributed by atoms with Gasteiger partial charge in [0.15, 0.2) is 0 Å². The van der Waals surface area contributed by atoms with Crippen LogP contribution in [0.4, 0.5) is 3.89 Å². The predicted octanol–water partition coefficient (Wildman–Crippen LogP) is 4.84.